The zero-order valence-electron chi connectivity index (χ0n) is 9.84. The molecule has 1 aromatic heterocycles. The molecule has 0 fully saturated rings. The van der Waals surface area contributed by atoms with Crippen LogP contribution in [0.25, 0.3) is 0 Å². The standard InChI is InChI=1S/C10H5F3N2O4S2/c11-5-1-6(12)9(7(13)2-5)21(17,18)15-10(16)19-8-3-20-4-14-8/h1-4H,(H,15,16). The Labute approximate surface area is 120 Å². The van der Waals surface area contributed by atoms with Crippen LogP contribution in [0.5, 0.6) is 5.88 Å². The van der Waals surface area contributed by atoms with Gasteiger partial charge in [0.2, 0.25) is 5.88 Å². The molecule has 2 aromatic rings. The number of benzene rings is 1. The number of amides is 1. The van der Waals surface area contributed by atoms with Crippen LogP contribution in [-0.2, 0) is 10.0 Å². The summed E-state index contributed by atoms with van der Waals surface area (Å²) in [5, 5.41) is 1.30. The van der Waals surface area contributed by atoms with Crippen LogP contribution in [-0.4, -0.2) is 19.5 Å². The van der Waals surface area contributed by atoms with Crippen molar-refractivity contribution in [2.24, 2.45) is 0 Å². The fraction of sp³-hybridized carbons (Fsp3) is 0. The second kappa shape index (κ2) is 5.69. The van der Waals surface area contributed by atoms with E-state index in [1.807, 2.05) is 0 Å². The van der Waals surface area contributed by atoms with E-state index in [0.717, 1.165) is 11.3 Å². The number of rotatable bonds is 3. The number of hydrogen-bond acceptors (Lipinski definition) is 6. The van der Waals surface area contributed by atoms with Crippen molar-refractivity contribution in [3.63, 3.8) is 0 Å². The average Bonchev–Trinajstić information content (AvgIpc) is 2.78. The molecule has 0 atom stereocenters. The number of thiazole rings is 1. The summed E-state index contributed by atoms with van der Waals surface area (Å²) < 4.78 is 68.6. The molecular formula is C10H5F3N2O4S2. The Morgan fingerprint density at radius 1 is 1.24 bits per heavy atom. The Kier molecular flexibility index (Phi) is 4.14. The van der Waals surface area contributed by atoms with Gasteiger partial charge in [-0.1, -0.05) is 0 Å². The van der Waals surface area contributed by atoms with Gasteiger partial charge in [-0.25, -0.2) is 36.1 Å². The van der Waals surface area contributed by atoms with Crippen LogP contribution < -0.4 is 9.46 Å². The Bertz CT molecular complexity index is 755. The van der Waals surface area contributed by atoms with Crippen LogP contribution in [0.1, 0.15) is 0 Å². The molecule has 0 radical (unpaired) electrons. The van der Waals surface area contributed by atoms with Gasteiger partial charge in [0, 0.05) is 12.1 Å². The first-order valence-corrected chi connectivity index (χ1v) is 7.49. The molecule has 6 nitrogen and oxygen atoms in total. The molecule has 0 saturated carbocycles. The SMILES string of the molecule is O=C(NS(=O)(=O)c1c(F)cc(F)cc1F)Oc1cscn1. The van der Waals surface area contributed by atoms with Crippen molar-refractivity contribution in [2.75, 3.05) is 0 Å². The molecular weight excluding hydrogens is 333 g/mol. The fourth-order valence-electron chi connectivity index (χ4n) is 1.31. The van der Waals surface area contributed by atoms with E-state index in [0.29, 0.717) is 0 Å². The van der Waals surface area contributed by atoms with Crippen molar-refractivity contribution >= 4 is 27.5 Å². The lowest BCUT2D eigenvalue weighted by molar-refractivity contribution is 0.205. The van der Waals surface area contributed by atoms with Crippen LogP contribution in [0.4, 0.5) is 18.0 Å². The van der Waals surface area contributed by atoms with Crippen LogP contribution in [0.15, 0.2) is 27.9 Å². The maximum Gasteiger partial charge on any atom is 0.428 e. The lowest BCUT2D eigenvalue weighted by atomic mass is 10.3. The molecule has 11 heteroatoms. The summed E-state index contributed by atoms with van der Waals surface area (Å²) in [5.74, 6) is -4.84. The summed E-state index contributed by atoms with van der Waals surface area (Å²) in [5.41, 5.74) is 1.32. The van der Waals surface area contributed by atoms with E-state index in [2.05, 4.69) is 9.72 Å². The van der Waals surface area contributed by atoms with E-state index < -0.39 is 38.5 Å². The topological polar surface area (TPSA) is 85.4 Å². The van der Waals surface area contributed by atoms with Gasteiger partial charge in [0.05, 0.1) is 10.9 Å². The normalized spacial score (nSPS) is 11.2. The van der Waals surface area contributed by atoms with E-state index in [-0.39, 0.29) is 18.0 Å². The maximum absolute atomic E-state index is 13.4. The van der Waals surface area contributed by atoms with Crippen molar-refractivity contribution < 1.29 is 31.1 Å². The van der Waals surface area contributed by atoms with E-state index in [1.54, 1.807) is 0 Å². The highest BCUT2D eigenvalue weighted by molar-refractivity contribution is 7.90. The highest BCUT2D eigenvalue weighted by atomic mass is 32.2. The van der Waals surface area contributed by atoms with Gasteiger partial charge in [-0.15, -0.1) is 11.3 Å². The number of nitrogens with one attached hydrogen (secondary N) is 1. The van der Waals surface area contributed by atoms with Crippen LogP contribution in [0.2, 0.25) is 0 Å². The third-order valence-electron chi connectivity index (χ3n) is 2.06. The molecule has 112 valence electrons. The number of ether oxygens (including phenoxy) is 1. The molecule has 1 heterocycles. The number of halogens is 3. The molecule has 0 aliphatic carbocycles. The van der Waals surface area contributed by atoms with Crippen molar-refractivity contribution in [3.05, 3.63) is 40.5 Å². The minimum Gasteiger partial charge on any atom is -0.390 e. The number of nitrogens with zero attached hydrogens (tertiary/aromatic N) is 1. The molecule has 0 aliphatic rings. The van der Waals surface area contributed by atoms with Crippen molar-refractivity contribution in [1.29, 1.82) is 0 Å². The summed E-state index contributed by atoms with van der Waals surface area (Å²) in [7, 11) is -4.91. The number of sulfonamides is 1. The quantitative estimate of drug-likeness (QED) is 0.926. The second-order valence-electron chi connectivity index (χ2n) is 3.52. The number of carbonyl (C=O) groups excluding carboxylic acids is 1. The van der Waals surface area contributed by atoms with Crippen LogP contribution >= 0.6 is 11.3 Å². The zero-order valence-corrected chi connectivity index (χ0v) is 11.5. The molecule has 1 amide bonds. The first kappa shape index (κ1) is 15.3. The van der Waals surface area contributed by atoms with Crippen molar-refractivity contribution in [3.8, 4) is 5.88 Å². The molecule has 0 spiro atoms. The lowest BCUT2D eigenvalue weighted by Crippen LogP contribution is -2.34. The fourth-order valence-corrected chi connectivity index (χ4v) is 2.76. The maximum atomic E-state index is 13.4. The van der Waals surface area contributed by atoms with E-state index >= 15 is 0 Å². The van der Waals surface area contributed by atoms with Gasteiger partial charge in [0.1, 0.15) is 17.5 Å². The Morgan fingerprint density at radius 3 is 2.38 bits per heavy atom. The summed E-state index contributed by atoms with van der Waals surface area (Å²) in [6, 6.07) is 0.340. The van der Waals surface area contributed by atoms with Crippen molar-refractivity contribution in [2.45, 2.75) is 4.90 Å². The molecule has 1 N–H and O–H groups in total. The third kappa shape index (κ3) is 3.49. The minimum atomic E-state index is -4.91. The molecule has 1 aromatic carbocycles. The van der Waals surface area contributed by atoms with E-state index in [1.165, 1.54) is 15.6 Å². The van der Waals surface area contributed by atoms with Crippen LogP contribution in [0.3, 0.4) is 0 Å². The molecule has 21 heavy (non-hydrogen) atoms. The Balaban J connectivity index is 2.25. The lowest BCUT2D eigenvalue weighted by Gasteiger charge is -2.08. The number of aromatic nitrogens is 1. The van der Waals surface area contributed by atoms with Gasteiger partial charge in [-0.3, -0.25) is 0 Å². The van der Waals surface area contributed by atoms with Gasteiger partial charge < -0.3 is 4.74 Å². The zero-order chi connectivity index (χ0) is 15.6. The van der Waals surface area contributed by atoms with Gasteiger partial charge in [-0.05, 0) is 0 Å². The largest absolute Gasteiger partial charge is 0.428 e. The van der Waals surface area contributed by atoms with Gasteiger partial charge >= 0.3 is 6.09 Å². The summed E-state index contributed by atoms with van der Waals surface area (Å²) in [6.07, 6.45) is -1.51. The summed E-state index contributed by atoms with van der Waals surface area (Å²) in [4.78, 5) is 13.4. The highest BCUT2D eigenvalue weighted by Gasteiger charge is 2.28. The molecule has 0 unspecified atom stereocenters. The highest BCUT2D eigenvalue weighted by Crippen LogP contribution is 2.20. The van der Waals surface area contributed by atoms with Crippen molar-refractivity contribution in [1.82, 2.24) is 9.71 Å². The molecule has 0 bridgehead atoms. The Morgan fingerprint density at radius 2 is 1.86 bits per heavy atom. The predicted molar refractivity (Wildman–Crippen MR) is 64.8 cm³/mol. The Hall–Kier alpha value is -2.14. The smallest absolute Gasteiger partial charge is 0.390 e. The molecule has 0 saturated heterocycles. The second-order valence-corrected chi connectivity index (χ2v) is 5.86. The summed E-state index contributed by atoms with van der Waals surface area (Å²) in [6.45, 7) is 0. The first-order valence-electron chi connectivity index (χ1n) is 5.07. The van der Waals surface area contributed by atoms with Crippen LogP contribution in [0, 0.1) is 17.5 Å². The van der Waals surface area contributed by atoms with E-state index in [9.17, 15) is 26.4 Å². The average molecular weight is 338 g/mol. The molecule has 2 rings (SSSR count). The first-order chi connectivity index (χ1) is 9.79. The third-order valence-corrected chi connectivity index (χ3v) is 3.98. The predicted octanol–water partition coefficient (Wildman–Crippen LogP) is 2.04. The summed E-state index contributed by atoms with van der Waals surface area (Å²) >= 11 is 1.08. The monoisotopic (exact) mass is 338 g/mol. The van der Waals surface area contributed by atoms with Gasteiger partial charge in [-0.2, -0.15) is 0 Å². The number of carbonyl (C=O) groups is 1. The van der Waals surface area contributed by atoms with Gasteiger partial charge in [0.25, 0.3) is 10.0 Å². The molecule has 0 aliphatic heterocycles. The van der Waals surface area contributed by atoms with Gasteiger partial charge in [0.15, 0.2) is 4.90 Å². The minimum absolute atomic E-state index is 0.170. The van der Waals surface area contributed by atoms with E-state index in [4.69, 9.17) is 0 Å². The number of hydrogen-bond donors (Lipinski definition) is 1.